The molecule has 2 heterocycles. The summed E-state index contributed by atoms with van der Waals surface area (Å²) in [6.07, 6.45) is 1.83. The minimum Gasteiger partial charge on any atom is -0.331 e. The maximum atomic E-state index is 4.61. The van der Waals surface area contributed by atoms with Crippen molar-refractivity contribution in [1.82, 2.24) is 24.3 Å². The third-order valence-electron chi connectivity index (χ3n) is 5.49. The smallest absolute Gasteiger partial charge is 0.168 e. The fraction of sp³-hybridized carbons (Fsp3) is 0.348. The van der Waals surface area contributed by atoms with Crippen molar-refractivity contribution in [3.63, 3.8) is 0 Å². The van der Waals surface area contributed by atoms with Crippen molar-refractivity contribution >= 4 is 11.0 Å². The van der Waals surface area contributed by atoms with Crippen LogP contribution in [0.25, 0.3) is 28.1 Å². The maximum Gasteiger partial charge on any atom is 0.168 e. The lowest BCUT2D eigenvalue weighted by Crippen LogP contribution is -2.07. The number of aromatic nitrogens is 5. The number of benzene rings is 2. The topological polar surface area (TPSA) is 48.5 Å². The van der Waals surface area contributed by atoms with Gasteiger partial charge in [0.2, 0.25) is 0 Å². The second kappa shape index (κ2) is 6.89. The van der Waals surface area contributed by atoms with Gasteiger partial charge in [-0.25, -0.2) is 4.98 Å². The van der Waals surface area contributed by atoms with Crippen LogP contribution in [-0.4, -0.2) is 24.3 Å². The van der Waals surface area contributed by atoms with Crippen molar-refractivity contribution in [3.8, 4) is 17.1 Å². The van der Waals surface area contributed by atoms with Crippen LogP contribution in [-0.2, 0) is 7.05 Å². The van der Waals surface area contributed by atoms with Gasteiger partial charge in [0.25, 0.3) is 0 Å². The van der Waals surface area contributed by atoms with E-state index in [4.69, 9.17) is 0 Å². The molecule has 4 rings (SSSR count). The lowest BCUT2D eigenvalue weighted by molar-refractivity contribution is 0.806. The molecule has 28 heavy (non-hydrogen) atoms. The fourth-order valence-electron chi connectivity index (χ4n) is 3.83. The van der Waals surface area contributed by atoms with Crippen molar-refractivity contribution < 1.29 is 0 Å². The van der Waals surface area contributed by atoms with Gasteiger partial charge in [0, 0.05) is 12.6 Å². The van der Waals surface area contributed by atoms with E-state index in [1.807, 2.05) is 20.3 Å². The molecule has 2 aromatic carbocycles. The average molecular weight is 374 g/mol. The summed E-state index contributed by atoms with van der Waals surface area (Å²) < 4.78 is 4.26. The molecule has 0 aliphatic heterocycles. The third kappa shape index (κ3) is 2.91. The van der Waals surface area contributed by atoms with Gasteiger partial charge in [-0.15, -0.1) is 10.2 Å². The minimum absolute atomic E-state index is 0.408. The summed E-state index contributed by atoms with van der Waals surface area (Å²) in [5.41, 5.74) is 6.97. The van der Waals surface area contributed by atoms with Crippen LogP contribution in [0.4, 0.5) is 0 Å². The molecular weight excluding hydrogens is 346 g/mol. The summed E-state index contributed by atoms with van der Waals surface area (Å²) in [6.45, 7) is 11.0. The summed E-state index contributed by atoms with van der Waals surface area (Å²) in [7, 11) is 2.05. The number of aryl methyl sites for hydroxylation is 2. The summed E-state index contributed by atoms with van der Waals surface area (Å²) in [4.78, 5) is 4.61. The normalized spacial score (nSPS) is 11.9. The Morgan fingerprint density at radius 3 is 2.25 bits per heavy atom. The molecule has 0 N–H and O–H groups in total. The van der Waals surface area contributed by atoms with E-state index in [1.54, 1.807) is 0 Å². The molecular formula is C23H27N5. The largest absolute Gasteiger partial charge is 0.331 e. The molecule has 144 valence electrons. The second-order valence-electron chi connectivity index (χ2n) is 8.04. The highest BCUT2D eigenvalue weighted by Crippen LogP contribution is 2.34. The Morgan fingerprint density at radius 1 is 0.929 bits per heavy atom. The lowest BCUT2D eigenvalue weighted by atomic mass is 9.92. The van der Waals surface area contributed by atoms with Crippen LogP contribution in [0.3, 0.4) is 0 Å². The first-order valence-corrected chi connectivity index (χ1v) is 9.85. The molecule has 0 saturated heterocycles. The van der Waals surface area contributed by atoms with Crippen molar-refractivity contribution in [1.29, 1.82) is 0 Å². The van der Waals surface area contributed by atoms with Gasteiger partial charge < -0.3 is 4.57 Å². The Kier molecular flexibility index (Phi) is 4.53. The van der Waals surface area contributed by atoms with Crippen LogP contribution >= 0.6 is 0 Å². The molecule has 0 aliphatic carbocycles. The number of hydrogen-bond acceptors (Lipinski definition) is 3. The Balaban J connectivity index is 1.95. The zero-order valence-corrected chi connectivity index (χ0v) is 17.4. The molecule has 0 spiro atoms. The van der Waals surface area contributed by atoms with E-state index >= 15 is 0 Å². The van der Waals surface area contributed by atoms with E-state index in [1.165, 1.54) is 16.8 Å². The predicted molar refractivity (Wildman–Crippen MR) is 114 cm³/mol. The predicted octanol–water partition coefficient (Wildman–Crippen LogP) is 5.38. The Bertz CT molecular complexity index is 1120. The molecule has 0 saturated carbocycles. The van der Waals surface area contributed by atoms with Crippen LogP contribution < -0.4 is 0 Å². The van der Waals surface area contributed by atoms with Gasteiger partial charge in [0.05, 0.1) is 16.7 Å². The Hall–Kier alpha value is -2.95. The number of para-hydroxylation sites is 1. The molecule has 4 aromatic rings. The highest BCUT2D eigenvalue weighted by Gasteiger charge is 2.19. The average Bonchev–Trinajstić information content (AvgIpc) is 3.26. The standard InChI is InChI=1S/C23H27N5/c1-14(2)18-8-7-9-19(15(3)4)22(18)28-13-24-26-23(28)17-10-11-20-21(12-17)27(6)16(5)25-20/h7-15H,1-6H3. The highest BCUT2D eigenvalue weighted by atomic mass is 15.3. The molecule has 5 heteroatoms. The molecule has 0 aliphatic rings. The number of imidazole rings is 1. The van der Waals surface area contributed by atoms with E-state index in [9.17, 15) is 0 Å². The minimum atomic E-state index is 0.408. The van der Waals surface area contributed by atoms with Gasteiger partial charge in [0.15, 0.2) is 5.82 Å². The number of rotatable bonds is 4. The van der Waals surface area contributed by atoms with E-state index in [0.29, 0.717) is 11.8 Å². The summed E-state index contributed by atoms with van der Waals surface area (Å²) >= 11 is 0. The molecule has 0 atom stereocenters. The van der Waals surface area contributed by atoms with Crippen molar-refractivity contribution in [2.45, 2.75) is 46.5 Å². The SMILES string of the molecule is Cc1nc2ccc(-c3nncn3-c3c(C(C)C)cccc3C(C)C)cc2n1C. The van der Waals surface area contributed by atoms with E-state index in [0.717, 1.165) is 28.2 Å². The highest BCUT2D eigenvalue weighted by molar-refractivity contribution is 5.81. The summed E-state index contributed by atoms with van der Waals surface area (Å²) in [5.74, 6) is 2.67. The van der Waals surface area contributed by atoms with Crippen LogP contribution in [0.2, 0.25) is 0 Å². The van der Waals surface area contributed by atoms with Gasteiger partial charge in [-0.1, -0.05) is 45.9 Å². The Labute approximate surface area is 166 Å². The molecule has 0 radical (unpaired) electrons. The first-order chi connectivity index (χ1) is 13.4. The number of nitrogens with zero attached hydrogens (tertiary/aromatic N) is 5. The third-order valence-corrected chi connectivity index (χ3v) is 5.49. The second-order valence-corrected chi connectivity index (χ2v) is 8.04. The molecule has 0 bridgehead atoms. The monoisotopic (exact) mass is 373 g/mol. The van der Waals surface area contributed by atoms with E-state index in [2.05, 4.69) is 88.4 Å². The zero-order valence-electron chi connectivity index (χ0n) is 17.4. The fourth-order valence-corrected chi connectivity index (χ4v) is 3.83. The van der Waals surface area contributed by atoms with Gasteiger partial charge in [-0.05, 0) is 48.1 Å². The molecule has 5 nitrogen and oxygen atoms in total. The summed E-state index contributed by atoms with van der Waals surface area (Å²) in [5, 5.41) is 8.76. The van der Waals surface area contributed by atoms with Crippen LogP contribution in [0.15, 0.2) is 42.7 Å². The van der Waals surface area contributed by atoms with Crippen molar-refractivity contribution in [2.75, 3.05) is 0 Å². The molecule has 2 aromatic heterocycles. The first kappa shape index (κ1) is 18.4. The van der Waals surface area contributed by atoms with Gasteiger partial charge in [0.1, 0.15) is 12.2 Å². The van der Waals surface area contributed by atoms with E-state index < -0.39 is 0 Å². The quantitative estimate of drug-likeness (QED) is 0.483. The first-order valence-electron chi connectivity index (χ1n) is 9.85. The number of fused-ring (bicyclic) bond motifs is 1. The zero-order chi connectivity index (χ0) is 20.0. The molecule has 0 fully saturated rings. The Morgan fingerprint density at radius 2 is 1.61 bits per heavy atom. The maximum absolute atomic E-state index is 4.61. The van der Waals surface area contributed by atoms with Gasteiger partial charge in [-0.3, -0.25) is 4.57 Å². The van der Waals surface area contributed by atoms with Crippen LogP contribution in [0.5, 0.6) is 0 Å². The van der Waals surface area contributed by atoms with Crippen LogP contribution in [0.1, 0.15) is 56.5 Å². The van der Waals surface area contributed by atoms with E-state index in [-0.39, 0.29) is 0 Å². The molecule has 0 amide bonds. The van der Waals surface area contributed by atoms with Gasteiger partial charge in [-0.2, -0.15) is 0 Å². The van der Waals surface area contributed by atoms with Crippen molar-refractivity contribution in [3.05, 3.63) is 59.7 Å². The lowest BCUT2D eigenvalue weighted by Gasteiger charge is -2.21. The number of hydrogen-bond donors (Lipinski definition) is 0. The van der Waals surface area contributed by atoms with Gasteiger partial charge >= 0.3 is 0 Å². The summed E-state index contributed by atoms with van der Waals surface area (Å²) in [6, 6.07) is 12.9. The van der Waals surface area contributed by atoms with Crippen LogP contribution in [0, 0.1) is 6.92 Å². The molecule has 0 unspecified atom stereocenters. The van der Waals surface area contributed by atoms with Crippen molar-refractivity contribution in [2.24, 2.45) is 7.05 Å².